The van der Waals surface area contributed by atoms with Crippen LogP contribution in [0.1, 0.15) is 66.2 Å². The first-order valence-electron chi connectivity index (χ1n) is 11.3. The number of hydrogen-bond donors (Lipinski definition) is 1. The third-order valence-corrected chi connectivity index (χ3v) is 6.93. The van der Waals surface area contributed by atoms with Gasteiger partial charge >= 0.3 is 11.9 Å². The van der Waals surface area contributed by atoms with Crippen molar-refractivity contribution in [3.05, 3.63) is 23.8 Å². The van der Waals surface area contributed by atoms with Crippen LogP contribution in [0.5, 0.6) is 0 Å². The summed E-state index contributed by atoms with van der Waals surface area (Å²) < 4.78 is 11.5. The van der Waals surface area contributed by atoms with E-state index in [-0.39, 0.29) is 42.4 Å². The second-order valence-corrected chi connectivity index (χ2v) is 9.36. The molecule has 1 saturated heterocycles. The molecule has 0 aromatic rings. The summed E-state index contributed by atoms with van der Waals surface area (Å²) in [5.74, 6) is 0.755. The Balaban J connectivity index is 1.74. The fourth-order valence-electron chi connectivity index (χ4n) is 5.07. The molecule has 0 aromatic heterocycles. The summed E-state index contributed by atoms with van der Waals surface area (Å²) in [6.07, 6.45) is 9.70. The molecule has 2 unspecified atom stereocenters. The van der Waals surface area contributed by atoms with Crippen molar-refractivity contribution in [1.29, 1.82) is 0 Å². The zero-order chi connectivity index (χ0) is 21.1. The first-order chi connectivity index (χ1) is 13.8. The average molecular weight is 405 g/mol. The number of carbonyl (C=O) groups is 2. The first kappa shape index (κ1) is 22.1. The molecule has 0 aromatic carbocycles. The lowest BCUT2D eigenvalue weighted by molar-refractivity contribution is -0.162. The molecule has 162 valence electrons. The minimum atomic E-state index is -0.597. The average Bonchev–Trinajstić information content (AvgIpc) is 2.65. The van der Waals surface area contributed by atoms with Crippen LogP contribution in [-0.4, -0.2) is 35.4 Å². The van der Waals surface area contributed by atoms with Gasteiger partial charge in [-0.1, -0.05) is 45.9 Å². The van der Waals surface area contributed by atoms with Crippen LogP contribution in [0.2, 0.25) is 0 Å². The normalized spacial score (nSPS) is 37.9. The smallest absolute Gasteiger partial charge is 0.308 e. The molecule has 0 saturated carbocycles. The van der Waals surface area contributed by atoms with Gasteiger partial charge < -0.3 is 14.6 Å². The Morgan fingerprint density at radius 1 is 1.31 bits per heavy atom. The summed E-state index contributed by atoms with van der Waals surface area (Å²) in [6, 6.07) is 0. The third kappa shape index (κ3) is 5.30. The lowest BCUT2D eigenvalue weighted by Crippen LogP contribution is -2.42. The molecule has 0 bridgehead atoms. The number of hydrogen-bond acceptors (Lipinski definition) is 5. The van der Waals surface area contributed by atoms with Crippen LogP contribution >= 0.6 is 0 Å². The summed E-state index contributed by atoms with van der Waals surface area (Å²) >= 11 is 0. The minimum Gasteiger partial charge on any atom is -0.462 e. The Bertz CT molecular complexity index is 666. The van der Waals surface area contributed by atoms with Gasteiger partial charge in [0.15, 0.2) is 0 Å². The van der Waals surface area contributed by atoms with E-state index in [0.29, 0.717) is 24.2 Å². The number of ether oxygens (including phenoxy) is 2. The van der Waals surface area contributed by atoms with E-state index >= 15 is 0 Å². The fourth-order valence-corrected chi connectivity index (χ4v) is 5.07. The molecule has 5 heteroatoms. The summed E-state index contributed by atoms with van der Waals surface area (Å²) in [4.78, 5) is 24.2. The van der Waals surface area contributed by atoms with E-state index in [1.807, 2.05) is 13.8 Å². The molecule has 3 rings (SSSR count). The Hall–Kier alpha value is -1.62. The van der Waals surface area contributed by atoms with Crippen molar-refractivity contribution < 1.29 is 24.2 Å². The van der Waals surface area contributed by atoms with Crippen molar-refractivity contribution in [3.8, 4) is 0 Å². The number of esters is 2. The molecule has 0 spiro atoms. The molecule has 1 aliphatic heterocycles. The Morgan fingerprint density at radius 3 is 2.76 bits per heavy atom. The van der Waals surface area contributed by atoms with Crippen molar-refractivity contribution in [2.45, 2.75) is 84.5 Å². The maximum Gasteiger partial charge on any atom is 0.308 e. The van der Waals surface area contributed by atoms with E-state index in [1.54, 1.807) is 0 Å². The molecular weight excluding hydrogens is 368 g/mol. The number of aliphatic hydroxyl groups is 1. The van der Waals surface area contributed by atoms with Gasteiger partial charge in [-0.2, -0.15) is 0 Å². The van der Waals surface area contributed by atoms with Gasteiger partial charge in [0.2, 0.25) is 0 Å². The summed E-state index contributed by atoms with van der Waals surface area (Å²) in [5, 5.41) is 9.89. The third-order valence-electron chi connectivity index (χ3n) is 6.93. The molecule has 3 aliphatic rings. The van der Waals surface area contributed by atoms with Crippen molar-refractivity contribution >= 4 is 11.9 Å². The molecular formula is C24H36O5. The van der Waals surface area contributed by atoms with E-state index in [1.165, 1.54) is 5.57 Å². The number of fused-ring (bicyclic) bond motifs is 1. The summed E-state index contributed by atoms with van der Waals surface area (Å²) in [6.45, 7) is 8.33. The van der Waals surface area contributed by atoms with Crippen LogP contribution in [-0.2, 0) is 19.1 Å². The Kier molecular flexibility index (Phi) is 7.20. The van der Waals surface area contributed by atoms with Crippen molar-refractivity contribution in [2.24, 2.45) is 29.6 Å². The maximum atomic E-state index is 12.5. The molecule has 8 atom stereocenters. The number of cyclic esters (lactones) is 1. The monoisotopic (exact) mass is 404 g/mol. The highest BCUT2D eigenvalue weighted by Gasteiger charge is 2.42. The highest BCUT2D eigenvalue weighted by atomic mass is 16.5. The number of carbonyl (C=O) groups excluding carboxylic acids is 2. The zero-order valence-corrected chi connectivity index (χ0v) is 18.2. The lowest BCUT2D eigenvalue weighted by atomic mass is 9.65. The SMILES string of the molecule is CC[C@@H](C)C(=O)OC1CC(C)C=C2C=C[C@H](C)[C@H](CC[C@@H]3C[C@@H](O)CC(=O)O3)[C@H]21. The van der Waals surface area contributed by atoms with Crippen LogP contribution in [0, 0.1) is 29.6 Å². The quantitative estimate of drug-likeness (QED) is 0.672. The second kappa shape index (κ2) is 9.46. The van der Waals surface area contributed by atoms with Crippen LogP contribution in [0.4, 0.5) is 0 Å². The molecule has 1 fully saturated rings. The summed E-state index contributed by atoms with van der Waals surface area (Å²) in [7, 11) is 0. The van der Waals surface area contributed by atoms with E-state index in [2.05, 4.69) is 32.1 Å². The summed E-state index contributed by atoms with van der Waals surface area (Å²) in [5.41, 5.74) is 1.27. The van der Waals surface area contributed by atoms with Crippen LogP contribution in [0.3, 0.4) is 0 Å². The number of allylic oxidation sites excluding steroid dienone is 3. The molecule has 29 heavy (non-hydrogen) atoms. The number of aliphatic hydroxyl groups excluding tert-OH is 1. The van der Waals surface area contributed by atoms with Crippen molar-refractivity contribution in [1.82, 2.24) is 0 Å². The van der Waals surface area contributed by atoms with Crippen molar-refractivity contribution in [2.75, 3.05) is 0 Å². The highest BCUT2D eigenvalue weighted by Crippen LogP contribution is 2.45. The van der Waals surface area contributed by atoms with Crippen molar-refractivity contribution in [3.63, 3.8) is 0 Å². The fraction of sp³-hybridized carbons (Fsp3) is 0.750. The van der Waals surface area contributed by atoms with E-state index in [9.17, 15) is 14.7 Å². The largest absolute Gasteiger partial charge is 0.462 e. The minimum absolute atomic E-state index is 0.0854. The van der Waals surface area contributed by atoms with Crippen LogP contribution in [0.25, 0.3) is 0 Å². The maximum absolute atomic E-state index is 12.5. The second-order valence-electron chi connectivity index (χ2n) is 9.36. The zero-order valence-electron chi connectivity index (χ0n) is 18.2. The first-order valence-corrected chi connectivity index (χ1v) is 11.3. The van der Waals surface area contributed by atoms with Gasteiger partial charge in [-0.3, -0.25) is 9.59 Å². The Morgan fingerprint density at radius 2 is 2.07 bits per heavy atom. The molecule has 0 radical (unpaired) electrons. The van der Waals surface area contributed by atoms with Gasteiger partial charge in [-0.15, -0.1) is 0 Å². The molecule has 2 aliphatic carbocycles. The molecule has 1 heterocycles. The standard InChI is InChI=1S/C24H36O5/c1-5-15(3)24(27)29-21-11-14(2)10-17-7-6-16(4)20(23(17)21)9-8-19-12-18(25)13-22(26)28-19/h6-7,10,14-16,18-21,23,25H,5,8-9,11-13H2,1-4H3/t14?,15-,16+,18-,19-,20+,21?,23+/m1/s1. The predicted molar refractivity (Wildman–Crippen MR) is 111 cm³/mol. The van der Waals surface area contributed by atoms with Gasteiger partial charge in [-0.05, 0) is 49.0 Å². The van der Waals surface area contributed by atoms with Crippen LogP contribution < -0.4 is 0 Å². The molecule has 1 N–H and O–H groups in total. The lowest BCUT2D eigenvalue weighted by Gasteiger charge is -2.43. The van der Waals surface area contributed by atoms with Gasteiger partial charge in [0, 0.05) is 12.3 Å². The highest BCUT2D eigenvalue weighted by molar-refractivity contribution is 5.72. The topological polar surface area (TPSA) is 72.8 Å². The molecule has 5 nitrogen and oxygen atoms in total. The van der Waals surface area contributed by atoms with E-state index in [0.717, 1.165) is 25.7 Å². The number of rotatable bonds is 6. The van der Waals surface area contributed by atoms with Gasteiger partial charge in [0.1, 0.15) is 12.2 Å². The van der Waals surface area contributed by atoms with Crippen LogP contribution in [0.15, 0.2) is 23.8 Å². The Labute approximate surface area is 174 Å². The van der Waals surface area contributed by atoms with E-state index < -0.39 is 6.10 Å². The van der Waals surface area contributed by atoms with Gasteiger partial charge in [0.25, 0.3) is 0 Å². The molecule has 0 amide bonds. The van der Waals surface area contributed by atoms with Gasteiger partial charge in [-0.25, -0.2) is 0 Å². The van der Waals surface area contributed by atoms with Gasteiger partial charge in [0.05, 0.1) is 18.4 Å². The van der Waals surface area contributed by atoms with E-state index in [4.69, 9.17) is 9.47 Å². The predicted octanol–water partition coefficient (Wildman–Crippen LogP) is 4.20.